The summed E-state index contributed by atoms with van der Waals surface area (Å²) >= 11 is 6.93. The van der Waals surface area contributed by atoms with Gasteiger partial charge in [-0.05, 0) is 44.2 Å². The fourth-order valence-electron chi connectivity index (χ4n) is 1.93. The molecule has 7 heteroatoms. The van der Waals surface area contributed by atoms with E-state index in [1.54, 1.807) is 30.3 Å². The van der Waals surface area contributed by atoms with Crippen molar-refractivity contribution in [2.75, 3.05) is 19.8 Å². The highest BCUT2D eigenvalue weighted by molar-refractivity contribution is 7.18. The van der Waals surface area contributed by atoms with Gasteiger partial charge in [-0.3, -0.25) is 4.79 Å². The average Bonchev–Trinajstić information content (AvgIpc) is 3.01. The minimum atomic E-state index is -0.602. The molecule has 0 spiro atoms. The highest BCUT2D eigenvalue weighted by atomic mass is 35.5. The SMILES string of the molecule is CCOc1ccc(C(=O)OCC(=O)c2ccc(Cl)s2)cc1OCC. The van der Waals surface area contributed by atoms with Gasteiger partial charge in [-0.25, -0.2) is 4.79 Å². The molecule has 0 radical (unpaired) electrons. The first-order chi connectivity index (χ1) is 11.5. The summed E-state index contributed by atoms with van der Waals surface area (Å²) < 4.78 is 16.5. The molecule has 24 heavy (non-hydrogen) atoms. The summed E-state index contributed by atoms with van der Waals surface area (Å²) in [6.45, 7) is 4.29. The Hall–Kier alpha value is -2.05. The molecule has 2 aromatic rings. The number of ketones is 1. The van der Waals surface area contributed by atoms with Crippen molar-refractivity contribution in [2.24, 2.45) is 0 Å². The van der Waals surface area contributed by atoms with E-state index in [9.17, 15) is 9.59 Å². The summed E-state index contributed by atoms with van der Waals surface area (Å²) in [5.41, 5.74) is 0.291. The van der Waals surface area contributed by atoms with E-state index in [4.69, 9.17) is 25.8 Å². The monoisotopic (exact) mass is 368 g/mol. The van der Waals surface area contributed by atoms with Crippen LogP contribution in [-0.4, -0.2) is 31.6 Å². The third kappa shape index (κ3) is 4.72. The number of Topliss-reactive ketones (excluding diaryl/α,β-unsaturated/α-hetero) is 1. The summed E-state index contributed by atoms with van der Waals surface area (Å²) in [6, 6.07) is 7.99. The van der Waals surface area contributed by atoms with Gasteiger partial charge in [0.15, 0.2) is 18.1 Å². The zero-order chi connectivity index (χ0) is 17.5. The number of esters is 1. The first-order valence-electron chi connectivity index (χ1n) is 7.40. The van der Waals surface area contributed by atoms with Crippen LogP contribution >= 0.6 is 22.9 Å². The number of hydrogen-bond donors (Lipinski definition) is 0. The van der Waals surface area contributed by atoms with Crippen molar-refractivity contribution in [3.8, 4) is 11.5 Å². The smallest absolute Gasteiger partial charge is 0.338 e. The Morgan fingerprint density at radius 3 is 2.38 bits per heavy atom. The van der Waals surface area contributed by atoms with Crippen molar-refractivity contribution in [1.82, 2.24) is 0 Å². The van der Waals surface area contributed by atoms with Gasteiger partial charge in [0.05, 0.1) is 28.0 Å². The van der Waals surface area contributed by atoms with Gasteiger partial charge in [0.2, 0.25) is 5.78 Å². The summed E-state index contributed by atoms with van der Waals surface area (Å²) in [6.07, 6.45) is 0. The number of ether oxygens (including phenoxy) is 3. The van der Waals surface area contributed by atoms with Gasteiger partial charge < -0.3 is 14.2 Å². The van der Waals surface area contributed by atoms with E-state index in [0.29, 0.717) is 39.5 Å². The zero-order valence-electron chi connectivity index (χ0n) is 13.3. The third-order valence-electron chi connectivity index (χ3n) is 2.96. The molecule has 2 rings (SSSR count). The fourth-order valence-corrected chi connectivity index (χ4v) is 2.90. The quantitative estimate of drug-likeness (QED) is 0.515. The van der Waals surface area contributed by atoms with Crippen LogP contribution in [0.15, 0.2) is 30.3 Å². The van der Waals surface area contributed by atoms with Crippen LogP contribution in [0.3, 0.4) is 0 Å². The fraction of sp³-hybridized carbons (Fsp3) is 0.294. The van der Waals surface area contributed by atoms with Crippen molar-refractivity contribution in [3.63, 3.8) is 0 Å². The van der Waals surface area contributed by atoms with Crippen LogP contribution < -0.4 is 9.47 Å². The summed E-state index contributed by atoms with van der Waals surface area (Å²) in [7, 11) is 0. The van der Waals surface area contributed by atoms with E-state index in [2.05, 4.69) is 0 Å². The van der Waals surface area contributed by atoms with Crippen LogP contribution in [0, 0.1) is 0 Å². The maximum absolute atomic E-state index is 12.1. The number of thiophene rings is 1. The molecule has 0 atom stereocenters. The zero-order valence-corrected chi connectivity index (χ0v) is 14.9. The summed E-state index contributed by atoms with van der Waals surface area (Å²) in [4.78, 5) is 24.5. The lowest BCUT2D eigenvalue weighted by molar-refractivity contribution is 0.0475. The number of carbonyl (C=O) groups excluding carboxylic acids is 2. The Kier molecular flexibility index (Phi) is 6.63. The Labute approximate surface area is 149 Å². The van der Waals surface area contributed by atoms with E-state index in [-0.39, 0.29) is 12.4 Å². The van der Waals surface area contributed by atoms with Gasteiger partial charge in [0.1, 0.15) is 0 Å². The second kappa shape index (κ2) is 8.70. The summed E-state index contributed by atoms with van der Waals surface area (Å²) in [5, 5.41) is 0. The second-order valence-corrected chi connectivity index (χ2v) is 6.35. The Morgan fingerprint density at radius 2 is 1.75 bits per heavy atom. The molecule has 0 N–H and O–H groups in total. The van der Waals surface area contributed by atoms with E-state index >= 15 is 0 Å². The maximum atomic E-state index is 12.1. The van der Waals surface area contributed by atoms with Crippen LogP contribution in [0.5, 0.6) is 11.5 Å². The lowest BCUT2D eigenvalue weighted by Gasteiger charge is -2.12. The molecular weight excluding hydrogens is 352 g/mol. The number of benzene rings is 1. The van der Waals surface area contributed by atoms with Crippen molar-refractivity contribution >= 4 is 34.7 Å². The first kappa shape index (κ1) is 18.3. The lowest BCUT2D eigenvalue weighted by Crippen LogP contribution is -2.13. The van der Waals surface area contributed by atoms with Gasteiger partial charge in [-0.2, -0.15) is 0 Å². The predicted molar refractivity (Wildman–Crippen MR) is 92.7 cm³/mol. The van der Waals surface area contributed by atoms with E-state index in [1.165, 1.54) is 0 Å². The molecule has 1 heterocycles. The molecule has 1 aromatic heterocycles. The lowest BCUT2D eigenvalue weighted by atomic mass is 10.2. The Bertz CT molecular complexity index is 726. The molecule has 0 aliphatic rings. The minimum Gasteiger partial charge on any atom is -0.490 e. The molecule has 0 unspecified atom stereocenters. The van der Waals surface area contributed by atoms with E-state index < -0.39 is 5.97 Å². The predicted octanol–water partition coefficient (Wildman–Crippen LogP) is 4.24. The van der Waals surface area contributed by atoms with Gasteiger partial charge in [-0.1, -0.05) is 11.6 Å². The van der Waals surface area contributed by atoms with Crippen molar-refractivity contribution in [2.45, 2.75) is 13.8 Å². The molecule has 1 aromatic carbocycles. The Balaban J connectivity index is 2.03. The van der Waals surface area contributed by atoms with Crippen molar-refractivity contribution in [1.29, 1.82) is 0 Å². The highest BCUT2D eigenvalue weighted by Crippen LogP contribution is 2.29. The molecule has 0 aliphatic carbocycles. The van der Waals surface area contributed by atoms with E-state index in [1.807, 2.05) is 13.8 Å². The molecule has 0 aliphatic heterocycles. The highest BCUT2D eigenvalue weighted by Gasteiger charge is 2.16. The molecule has 0 saturated heterocycles. The topological polar surface area (TPSA) is 61.8 Å². The van der Waals surface area contributed by atoms with E-state index in [0.717, 1.165) is 11.3 Å². The number of hydrogen-bond acceptors (Lipinski definition) is 6. The van der Waals surface area contributed by atoms with Crippen LogP contribution in [-0.2, 0) is 4.74 Å². The molecular formula is C17H17ClO5S. The number of halogens is 1. The van der Waals surface area contributed by atoms with Crippen molar-refractivity contribution < 1.29 is 23.8 Å². The number of carbonyl (C=O) groups is 2. The van der Waals surface area contributed by atoms with Gasteiger partial charge >= 0.3 is 5.97 Å². The normalized spacial score (nSPS) is 10.3. The third-order valence-corrected chi connectivity index (χ3v) is 4.23. The molecule has 0 bridgehead atoms. The molecule has 128 valence electrons. The average molecular weight is 369 g/mol. The van der Waals surface area contributed by atoms with Crippen LogP contribution in [0.4, 0.5) is 0 Å². The number of rotatable bonds is 8. The van der Waals surface area contributed by atoms with Crippen LogP contribution in [0.1, 0.15) is 33.9 Å². The standard InChI is InChI=1S/C17H17ClO5S/c1-3-21-13-6-5-11(9-14(13)22-4-2)17(20)23-10-12(19)15-7-8-16(18)24-15/h5-9H,3-4,10H2,1-2H3. The second-order valence-electron chi connectivity index (χ2n) is 4.63. The maximum Gasteiger partial charge on any atom is 0.338 e. The Morgan fingerprint density at radius 1 is 1.04 bits per heavy atom. The van der Waals surface area contributed by atoms with Crippen LogP contribution in [0.25, 0.3) is 0 Å². The van der Waals surface area contributed by atoms with Gasteiger partial charge in [0.25, 0.3) is 0 Å². The molecule has 0 amide bonds. The van der Waals surface area contributed by atoms with Gasteiger partial charge in [0, 0.05) is 0 Å². The molecule has 5 nitrogen and oxygen atoms in total. The molecule has 0 saturated carbocycles. The van der Waals surface area contributed by atoms with Crippen molar-refractivity contribution in [3.05, 3.63) is 45.1 Å². The minimum absolute atomic E-state index is 0.291. The molecule has 0 fully saturated rings. The first-order valence-corrected chi connectivity index (χ1v) is 8.59. The van der Waals surface area contributed by atoms with Crippen LogP contribution in [0.2, 0.25) is 4.34 Å². The largest absolute Gasteiger partial charge is 0.490 e. The summed E-state index contributed by atoms with van der Waals surface area (Å²) in [5.74, 6) is 0.122. The van der Waals surface area contributed by atoms with Gasteiger partial charge in [-0.15, -0.1) is 11.3 Å².